The molecule has 0 amide bonds. The van der Waals surface area contributed by atoms with Gasteiger partial charge in [0.15, 0.2) is 5.78 Å². The maximum absolute atomic E-state index is 11.9. The molecule has 0 aliphatic rings. The largest absolute Gasteiger partial charge is 0.481 e. The Morgan fingerprint density at radius 1 is 1.15 bits per heavy atom. The van der Waals surface area contributed by atoms with Crippen LogP contribution in [0.1, 0.15) is 23.3 Å². The lowest BCUT2D eigenvalue weighted by atomic mass is 10.0. The third kappa shape index (κ3) is 3.42. The summed E-state index contributed by atoms with van der Waals surface area (Å²) < 4.78 is 0. The van der Waals surface area contributed by atoms with E-state index in [9.17, 15) is 9.59 Å². The van der Waals surface area contributed by atoms with Gasteiger partial charge >= 0.3 is 5.97 Å². The van der Waals surface area contributed by atoms with Crippen molar-refractivity contribution in [3.8, 4) is 11.1 Å². The number of Topliss-reactive ketones (excluding diaryl/α,β-unsaturated/α-hetero) is 1. The molecule has 0 saturated heterocycles. The number of rotatable bonds is 5. The van der Waals surface area contributed by atoms with Gasteiger partial charge in [0, 0.05) is 23.2 Å². The van der Waals surface area contributed by atoms with E-state index in [1.165, 1.54) is 6.20 Å². The van der Waals surface area contributed by atoms with Gasteiger partial charge in [-0.3, -0.25) is 14.6 Å². The molecule has 4 nitrogen and oxygen atoms in total. The Kier molecular flexibility index (Phi) is 4.48. The highest BCUT2D eigenvalue weighted by atomic mass is 35.5. The van der Waals surface area contributed by atoms with E-state index in [4.69, 9.17) is 16.7 Å². The van der Waals surface area contributed by atoms with Gasteiger partial charge in [0.1, 0.15) is 5.69 Å². The van der Waals surface area contributed by atoms with Crippen LogP contribution < -0.4 is 0 Å². The minimum atomic E-state index is -0.999. The van der Waals surface area contributed by atoms with E-state index in [0.29, 0.717) is 5.02 Å². The zero-order chi connectivity index (χ0) is 14.5. The van der Waals surface area contributed by atoms with Crippen LogP contribution in [0.2, 0.25) is 5.02 Å². The average Bonchev–Trinajstić information content (AvgIpc) is 2.45. The van der Waals surface area contributed by atoms with Crippen LogP contribution in [0.25, 0.3) is 11.1 Å². The molecule has 2 aromatic rings. The molecule has 20 heavy (non-hydrogen) atoms. The van der Waals surface area contributed by atoms with Gasteiger partial charge in [-0.05, 0) is 23.8 Å². The van der Waals surface area contributed by atoms with Gasteiger partial charge in [-0.25, -0.2) is 0 Å². The fourth-order valence-corrected chi connectivity index (χ4v) is 2.04. The maximum Gasteiger partial charge on any atom is 0.303 e. The number of aromatic nitrogens is 1. The molecule has 1 heterocycles. The number of benzene rings is 1. The molecule has 0 bridgehead atoms. The van der Waals surface area contributed by atoms with Crippen molar-refractivity contribution in [2.75, 3.05) is 0 Å². The summed E-state index contributed by atoms with van der Waals surface area (Å²) in [6.45, 7) is 0. The topological polar surface area (TPSA) is 67.3 Å². The SMILES string of the molecule is O=C(O)CCC(=O)c1cc(-c2ccccc2Cl)ccn1. The number of halogens is 1. The number of carboxylic acid groups (broad SMARTS) is 1. The number of nitrogens with zero attached hydrogens (tertiary/aromatic N) is 1. The van der Waals surface area contributed by atoms with Crippen molar-refractivity contribution in [1.29, 1.82) is 0 Å². The summed E-state index contributed by atoms with van der Waals surface area (Å²) in [6, 6.07) is 10.7. The van der Waals surface area contributed by atoms with E-state index in [0.717, 1.165) is 11.1 Å². The molecule has 0 spiro atoms. The van der Waals surface area contributed by atoms with Gasteiger partial charge in [0.2, 0.25) is 0 Å². The summed E-state index contributed by atoms with van der Waals surface area (Å²) in [7, 11) is 0. The molecule has 1 N–H and O–H groups in total. The van der Waals surface area contributed by atoms with E-state index < -0.39 is 5.97 Å². The number of ketones is 1. The number of hydrogen-bond donors (Lipinski definition) is 1. The van der Waals surface area contributed by atoms with Crippen molar-refractivity contribution in [2.24, 2.45) is 0 Å². The Balaban J connectivity index is 2.27. The fourth-order valence-electron chi connectivity index (χ4n) is 1.79. The molecule has 0 aliphatic carbocycles. The average molecular weight is 290 g/mol. The van der Waals surface area contributed by atoms with Crippen molar-refractivity contribution in [3.05, 3.63) is 53.3 Å². The fraction of sp³-hybridized carbons (Fsp3) is 0.133. The van der Waals surface area contributed by atoms with Crippen LogP contribution in [0.3, 0.4) is 0 Å². The second kappa shape index (κ2) is 6.30. The quantitative estimate of drug-likeness (QED) is 0.856. The molecule has 5 heteroatoms. The van der Waals surface area contributed by atoms with Crippen molar-refractivity contribution in [3.63, 3.8) is 0 Å². The minimum Gasteiger partial charge on any atom is -0.481 e. The number of carbonyl (C=O) groups excluding carboxylic acids is 1. The van der Waals surface area contributed by atoms with Gasteiger partial charge in [0.05, 0.1) is 6.42 Å². The summed E-state index contributed by atoms with van der Waals surface area (Å²) in [5, 5.41) is 9.17. The number of carbonyl (C=O) groups is 2. The van der Waals surface area contributed by atoms with E-state index in [1.54, 1.807) is 18.2 Å². The Morgan fingerprint density at radius 3 is 2.60 bits per heavy atom. The van der Waals surface area contributed by atoms with Gasteiger partial charge in [-0.2, -0.15) is 0 Å². The first-order chi connectivity index (χ1) is 9.58. The highest BCUT2D eigenvalue weighted by Gasteiger charge is 2.11. The first-order valence-corrected chi connectivity index (χ1v) is 6.41. The molecule has 1 aromatic carbocycles. The third-order valence-electron chi connectivity index (χ3n) is 2.80. The lowest BCUT2D eigenvalue weighted by Crippen LogP contribution is -2.05. The van der Waals surface area contributed by atoms with Gasteiger partial charge in [0.25, 0.3) is 0 Å². The normalized spacial score (nSPS) is 10.2. The summed E-state index contributed by atoms with van der Waals surface area (Å²) in [6.07, 6.45) is 1.26. The van der Waals surface area contributed by atoms with Crippen LogP contribution in [0, 0.1) is 0 Å². The maximum atomic E-state index is 11.9. The first kappa shape index (κ1) is 14.2. The van der Waals surface area contributed by atoms with Crippen LogP contribution >= 0.6 is 11.6 Å². The van der Waals surface area contributed by atoms with Crippen molar-refractivity contribution in [1.82, 2.24) is 4.98 Å². The molecule has 0 atom stereocenters. The summed E-state index contributed by atoms with van der Waals surface area (Å²) >= 11 is 6.11. The van der Waals surface area contributed by atoms with E-state index in [1.807, 2.05) is 18.2 Å². The smallest absolute Gasteiger partial charge is 0.303 e. The van der Waals surface area contributed by atoms with Gasteiger partial charge < -0.3 is 5.11 Å². The number of pyridine rings is 1. The van der Waals surface area contributed by atoms with Crippen LogP contribution in [0.5, 0.6) is 0 Å². The highest BCUT2D eigenvalue weighted by Crippen LogP contribution is 2.27. The second-order valence-corrected chi connectivity index (χ2v) is 4.63. The second-order valence-electron chi connectivity index (χ2n) is 4.23. The minimum absolute atomic E-state index is 0.0612. The molecule has 1 aromatic heterocycles. The number of hydrogen-bond acceptors (Lipinski definition) is 3. The lowest BCUT2D eigenvalue weighted by Gasteiger charge is -2.05. The van der Waals surface area contributed by atoms with E-state index in [-0.39, 0.29) is 24.3 Å². The van der Waals surface area contributed by atoms with Crippen LogP contribution in [-0.2, 0) is 4.79 Å². The van der Waals surface area contributed by atoms with E-state index >= 15 is 0 Å². The van der Waals surface area contributed by atoms with Crippen LogP contribution in [0.4, 0.5) is 0 Å². The summed E-state index contributed by atoms with van der Waals surface area (Å²) in [4.78, 5) is 26.3. The van der Waals surface area contributed by atoms with Crippen molar-refractivity contribution in [2.45, 2.75) is 12.8 Å². The summed E-state index contributed by atoms with van der Waals surface area (Å²) in [5.41, 5.74) is 1.84. The zero-order valence-electron chi connectivity index (χ0n) is 10.5. The highest BCUT2D eigenvalue weighted by molar-refractivity contribution is 6.33. The van der Waals surface area contributed by atoms with Gasteiger partial charge in [-0.15, -0.1) is 0 Å². The third-order valence-corrected chi connectivity index (χ3v) is 3.13. The molecule has 0 unspecified atom stereocenters. The van der Waals surface area contributed by atoms with Crippen molar-refractivity contribution >= 4 is 23.4 Å². The molecule has 0 aliphatic heterocycles. The zero-order valence-corrected chi connectivity index (χ0v) is 11.3. The van der Waals surface area contributed by atoms with E-state index in [2.05, 4.69) is 4.98 Å². The van der Waals surface area contributed by atoms with Crippen molar-refractivity contribution < 1.29 is 14.7 Å². The van der Waals surface area contributed by atoms with Gasteiger partial charge in [-0.1, -0.05) is 29.8 Å². The molecular formula is C15H12ClNO3. The van der Waals surface area contributed by atoms with Crippen LogP contribution in [0.15, 0.2) is 42.6 Å². The Hall–Kier alpha value is -2.20. The Labute approximate surface area is 121 Å². The molecular weight excluding hydrogens is 278 g/mol. The van der Waals surface area contributed by atoms with Crippen LogP contribution in [-0.4, -0.2) is 21.8 Å². The molecule has 0 saturated carbocycles. The Morgan fingerprint density at radius 2 is 1.90 bits per heavy atom. The molecule has 0 radical (unpaired) electrons. The lowest BCUT2D eigenvalue weighted by molar-refractivity contribution is -0.136. The predicted octanol–water partition coefficient (Wildman–Crippen LogP) is 3.45. The first-order valence-electron chi connectivity index (χ1n) is 6.04. The molecule has 2 rings (SSSR count). The standard InChI is InChI=1S/C15H12ClNO3/c16-12-4-2-1-3-11(12)10-7-8-17-13(9-10)14(18)5-6-15(19)20/h1-4,7-9H,5-6H2,(H,19,20). The predicted molar refractivity (Wildman–Crippen MR) is 75.9 cm³/mol. The number of aliphatic carboxylic acids is 1. The summed E-state index contributed by atoms with van der Waals surface area (Å²) in [5.74, 6) is -1.29. The monoisotopic (exact) mass is 289 g/mol. The number of carboxylic acids is 1. The Bertz CT molecular complexity index is 655. The molecule has 102 valence electrons. The molecule has 0 fully saturated rings.